The molecule has 0 bridgehead atoms. The van der Waals surface area contributed by atoms with Gasteiger partial charge >= 0.3 is 0 Å². The van der Waals surface area contributed by atoms with Gasteiger partial charge in [-0.1, -0.05) is 0 Å². The van der Waals surface area contributed by atoms with E-state index in [4.69, 9.17) is 80.5 Å². The summed E-state index contributed by atoms with van der Waals surface area (Å²) in [6.45, 7) is -4.26. The molecule has 0 aliphatic carbocycles. The summed E-state index contributed by atoms with van der Waals surface area (Å²) in [6, 6.07) is -5.63. The van der Waals surface area contributed by atoms with Crippen LogP contribution < -0.4 is 16.0 Å². The van der Waals surface area contributed by atoms with Crippen LogP contribution in [0.15, 0.2) is 0 Å². The van der Waals surface area contributed by atoms with Crippen molar-refractivity contribution in [2.75, 3.05) is 52.9 Å². The molecule has 9 heterocycles. The highest BCUT2D eigenvalue weighted by Gasteiger charge is 2.60. The molecule has 626 valence electrons. The molecule has 0 spiro atoms. The normalized spacial score (nSPS) is 50.4. The number of amides is 3. The van der Waals surface area contributed by atoms with Gasteiger partial charge in [-0.3, -0.25) is 14.4 Å². The van der Waals surface area contributed by atoms with Crippen molar-refractivity contribution in [2.45, 2.75) is 304 Å². The van der Waals surface area contributed by atoms with Gasteiger partial charge in [0.2, 0.25) is 17.7 Å². The van der Waals surface area contributed by atoms with E-state index >= 15 is 0 Å². The summed E-state index contributed by atoms with van der Waals surface area (Å²) >= 11 is 0. The number of aliphatic hydroxyl groups excluding tert-OH is 25. The minimum absolute atomic E-state index is 0.823. The topological polar surface area (TPSA) is 750 Å². The molecule has 3 amide bonds. The highest BCUT2D eigenvalue weighted by atomic mass is 16.8. The van der Waals surface area contributed by atoms with Crippen LogP contribution in [0.25, 0.3) is 0 Å². The molecule has 0 aromatic heterocycles. The van der Waals surface area contributed by atoms with Crippen LogP contribution in [0.5, 0.6) is 0 Å². The fraction of sp³-hybridized carbons (Fsp3) is 0.950. The number of carbonyl (C=O) groups is 3. The summed E-state index contributed by atoms with van der Waals surface area (Å²) in [5.74, 6) is -2.73. The van der Waals surface area contributed by atoms with Gasteiger partial charge in [0.05, 0.1) is 59.0 Å². The quantitative estimate of drug-likeness (QED) is 0.0363. The van der Waals surface area contributed by atoms with Crippen molar-refractivity contribution in [3.05, 3.63) is 0 Å². The Morgan fingerprint density at radius 2 is 0.556 bits per heavy atom. The average Bonchev–Trinajstić information content (AvgIpc) is 0.768. The molecule has 9 saturated heterocycles. The maximum Gasteiger partial charge on any atom is 0.217 e. The number of rotatable bonds is 27. The number of carbonyl (C=O) groups excluding carboxylic acids is 3. The molecule has 48 heteroatoms. The first-order chi connectivity index (χ1) is 51.0. The van der Waals surface area contributed by atoms with E-state index in [1.54, 1.807) is 0 Å². The van der Waals surface area contributed by atoms with Crippen LogP contribution in [0.3, 0.4) is 0 Å². The summed E-state index contributed by atoms with van der Waals surface area (Å²) in [7, 11) is 0. The van der Waals surface area contributed by atoms with Gasteiger partial charge in [0, 0.05) is 20.8 Å². The zero-order chi connectivity index (χ0) is 79.5. The molecule has 9 fully saturated rings. The van der Waals surface area contributed by atoms with Gasteiger partial charge in [-0.15, -0.1) is 0 Å². The third-order valence-corrected chi connectivity index (χ3v) is 19.9. The van der Waals surface area contributed by atoms with Crippen LogP contribution in [0.2, 0.25) is 0 Å². The lowest BCUT2D eigenvalue weighted by molar-refractivity contribution is -0.398. The van der Waals surface area contributed by atoms with Gasteiger partial charge in [-0.05, 0) is 6.92 Å². The molecule has 0 radical (unpaired) electrons. The van der Waals surface area contributed by atoms with E-state index in [0.29, 0.717) is 0 Å². The first kappa shape index (κ1) is 88.7. The maximum atomic E-state index is 13.1. The fourth-order valence-corrected chi connectivity index (χ4v) is 13.9. The SMILES string of the molecule is CC(=O)N[C@@H]1[C@@H](O)[C@H](O[C@H]2O[C@H](CO)[C@@H](O[C@@H]3O[C@H](CO[C@H]4O[C@H](CO)[C@@H](O)[C@H](O[C@H]5O[C@H](CO)[C@@H](O)[C@H](O)[C@@H]5O)[C@@H]4O)[C@@H](O)[C@H](O[C@H]4O[C@H](CO)[C@@H](O)[C@H](O)[C@@H]4O[C@@H]4O[C@H](CO)[C@@H](O[C@@H]5O[C@H](CO)[C@H](O)[C@H](O)[C@H]5O)[C@H](O)[C@H]4NC(C)=O)[C@@H]3O)[C@H](O)[C@H]2NC(C)=O)[C@@H](CO[C@H]2O[C@H](C)[C@H](O)[C@H](O)[C@H]2O)O[C@@H]1O. The Labute approximate surface area is 611 Å². The van der Waals surface area contributed by atoms with Crippen molar-refractivity contribution in [1.29, 1.82) is 0 Å². The Balaban J connectivity index is 1.03. The van der Waals surface area contributed by atoms with E-state index < -0.39 is 347 Å². The second-order valence-corrected chi connectivity index (χ2v) is 27.5. The van der Waals surface area contributed by atoms with Gasteiger partial charge in [-0.2, -0.15) is 0 Å². The van der Waals surface area contributed by atoms with Gasteiger partial charge in [0.15, 0.2) is 56.6 Å². The summed E-state index contributed by atoms with van der Waals surface area (Å²) in [5.41, 5.74) is 0. The molecule has 45 atom stereocenters. The highest BCUT2D eigenvalue weighted by molar-refractivity contribution is 5.74. The number of hydrogen-bond acceptors (Lipinski definition) is 45. The predicted molar refractivity (Wildman–Crippen MR) is 330 cm³/mol. The molecule has 9 aliphatic rings. The summed E-state index contributed by atoms with van der Waals surface area (Å²) in [5, 5.41) is 283. The lowest BCUT2D eigenvalue weighted by Gasteiger charge is -2.51. The monoisotopic (exact) mass is 1580 g/mol. The van der Waals surface area contributed by atoms with Crippen molar-refractivity contribution < 1.29 is 223 Å². The molecule has 0 aromatic rings. The van der Waals surface area contributed by atoms with Crippen molar-refractivity contribution >= 4 is 17.7 Å². The van der Waals surface area contributed by atoms with Crippen LogP contribution in [-0.4, -0.2) is 474 Å². The lowest BCUT2D eigenvalue weighted by atomic mass is 9.93. The Bertz CT molecular complexity index is 2820. The minimum Gasteiger partial charge on any atom is -0.394 e. The molecule has 108 heavy (non-hydrogen) atoms. The van der Waals surface area contributed by atoms with E-state index in [0.717, 1.165) is 20.8 Å². The summed E-state index contributed by atoms with van der Waals surface area (Å²) < 4.78 is 99.6. The van der Waals surface area contributed by atoms with Gasteiger partial charge in [-0.25, -0.2) is 0 Å². The van der Waals surface area contributed by atoms with Crippen LogP contribution in [0, 0.1) is 0 Å². The molecule has 28 N–H and O–H groups in total. The second kappa shape index (κ2) is 38.5. The highest BCUT2D eigenvalue weighted by Crippen LogP contribution is 2.39. The van der Waals surface area contributed by atoms with Crippen LogP contribution in [-0.2, 0) is 94.9 Å². The zero-order valence-electron chi connectivity index (χ0n) is 58.0. The van der Waals surface area contributed by atoms with E-state index in [-0.39, 0.29) is 0 Å². The maximum absolute atomic E-state index is 13.1. The average molecular weight is 1580 g/mol. The smallest absolute Gasteiger partial charge is 0.217 e. The largest absolute Gasteiger partial charge is 0.394 e. The minimum atomic E-state index is -2.55. The Morgan fingerprint density at radius 1 is 0.259 bits per heavy atom. The Morgan fingerprint density at radius 3 is 1.02 bits per heavy atom. The van der Waals surface area contributed by atoms with E-state index in [2.05, 4.69) is 16.0 Å². The molecular weight excluding hydrogens is 1480 g/mol. The summed E-state index contributed by atoms with van der Waals surface area (Å²) in [4.78, 5) is 38.4. The van der Waals surface area contributed by atoms with Crippen molar-refractivity contribution in [1.82, 2.24) is 16.0 Å². The van der Waals surface area contributed by atoms with Gasteiger partial charge in [0.25, 0.3) is 0 Å². The van der Waals surface area contributed by atoms with Crippen LogP contribution in [0.1, 0.15) is 27.7 Å². The molecule has 0 aromatic carbocycles. The Hall–Kier alpha value is -3.27. The van der Waals surface area contributed by atoms with E-state index in [1.165, 1.54) is 6.92 Å². The summed E-state index contributed by atoms with van der Waals surface area (Å²) in [6.07, 6.45) is -85.2. The third-order valence-electron chi connectivity index (χ3n) is 19.9. The van der Waals surface area contributed by atoms with Crippen LogP contribution >= 0.6 is 0 Å². The van der Waals surface area contributed by atoms with Crippen molar-refractivity contribution in [3.8, 4) is 0 Å². The Kier molecular flexibility index (Phi) is 31.6. The molecule has 9 rings (SSSR count). The standard InChI is InChI=1S/C60H101N3O45/c1-13-28(73)37(82)41(86)55(94-13)93-12-24-48(34(79)25(52(91)95-24)61-14(2)70)103-53-26(62-15(3)71)35(80)47(22(10-69)100-53)105-59-45(90)50(33(78)23(102-59)11-92-56-44(89)49(32(77)20(8-67)96-56)106-58-43(88)39(84)30(75)18(6-65)98-58)107-60-51(40(85)31(76)19(7-66)99-60)108-54-27(63-16(4)72)36(81)46(21(9-68)101-54)104-57-42(87)38(83)29(74)17(5-64)97-57/h13,17-60,64-69,73-91H,5-12H2,1-4H3,(H,61,70)(H,62,71)(H,63,72)/t13-,17-,18-,19-,20-,21-,22-,23-,24-,25-,26-,27-,28+,29+,30-,31-,32-,33-,34-,35-,36-,37+,38+,39+,40+,41-,42-,43+,44+,45+,46-,47-,48-,49+,50+,51+,52+,53-,54+,55+,56+,57+,58-,59+,60-/m1/s1. The van der Waals surface area contributed by atoms with Gasteiger partial charge in [0.1, 0.15) is 213 Å². The van der Waals surface area contributed by atoms with Crippen molar-refractivity contribution in [2.24, 2.45) is 0 Å². The molecular formula is C60H101N3O45. The predicted octanol–water partition coefficient (Wildman–Crippen LogP) is -19.2. The molecule has 48 nitrogen and oxygen atoms in total. The van der Waals surface area contributed by atoms with E-state index in [9.17, 15) is 142 Å². The number of aliphatic hydroxyl groups is 25. The third kappa shape index (κ3) is 19.3. The molecule has 0 unspecified atom stereocenters. The molecule has 9 aliphatic heterocycles. The fourth-order valence-electron chi connectivity index (χ4n) is 13.9. The lowest BCUT2D eigenvalue weighted by Crippen LogP contribution is -2.71. The first-order valence-electron chi connectivity index (χ1n) is 34.5. The number of nitrogens with one attached hydrogen (secondary N) is 3. The second-order valence-electron chi connectivity index (χ2n) is 27.5. The number of ether oxygens (including phenoxy) is 17. The zero-order valence-corrected chi connectivity index (χ0v) is 58.0. The van der Waals surface area contributed by atoms with E-state index in [1.807, 2.05) is 0 Å². The van der Waals surface area contributed by atoms with Crippen molar-refractivity contribution in [3.63, 3.8) is 0 Å². The first-order valence-corrected chi connectivity index (χ1v) is 34.5. The molecule has 0 saturated carbocycles. The number of hydrogen-bond donors (Lipinski definition) is 28. The van der Waals surface area contributed by atoms with Crippen LogP contribution in [0.4, 0.5) is 0 Å². The van der Waals surface area contributed by atoms with Gasteiger partial charge < -0.3 is 224 Å².